The molecule has 0 radical (unpaired) electrons. The number of aryl methyl sites for hydroxylation is 1. The smallest absolute Gasteiger partial charge is 0.152 e. The zero-order chi connectivity index (χ0) is 14.7. The van der Waals surface area contributed by atoms with Crippen LogP contribution in [0.3, 0.4) is 0 Å². The Bertz CT molecular complexity index is 599. The first-order valence-corrected chi connectivity index (χ1v) is 7.41. The van der Waals surface area contributed by atoms with E-state index in [1.807, 2.05) is 31.2 Å². The Morgan fingerprint density at radius 2 is 2.10 bits per heavy atom. The number of nitrogens with one attached hydrogen (secondary N) is 1. The maximum absolute atomic E-state index is 6.14. The normalized spacial score (nSPS) is 12.1. The van der Waals surface area contributed by atoms with E-state index in [0.717, 1.165) is 27.0 Å². The summed E-state index contributed by atoms with van der Waals surface area (Å²) in [5.74, 6) is 0.816. The van der Waals surface area contributed by atoms with Crippen molar-refractivity contribution in [1.82, 2.24) is 4.98 Å². The summed E-state index contributed by atoms with van der Waals surface area (Å²) in [5.41, 5.74) is 3.08. The fourth-order valence-corrected chi connectivity index (χ4v) is 2.77. The third kappa shape index (κ3) is 3.25. The van der Waals surface area contributed by atoms with E-state index in [1.54, 1.807) is 13.3 Å². The fraction of sp³-hybridized carbons (Fsp3) is 0.267. The van der Waals surface area contributed by atoms with Gasteiger partial charge >= 0.3 is 0 Å². The van der Waals surface area contributed by atoms with Crippen LogP contribution in [0.1, 0.15) is 24.1 Å². The van der Waals surface area contributed by atoms with Crippen molar-refractivity contribution in [3.05, 3.63) is 51.2 Å². The lowest BCUT2D eigenvalue weighted by molar-refractivity contribution is 0.412. The lowest BCUT2D eigenvalue weighted by Gasteiger charge is -2.19. The zero-order valence-electron chi connectivity index (χ0n) is 11.6. The lowest BCUT2D eigenvalue weighted by atomic mass is 10.1. The van der Waals surface area contributed by atoms with E-state index in [4.69, 9.17) is 16.3 Å². The number of aromatic nitrogens is 1. The van der Waals surface area contributed by atoms with Gasteiger partial charge in [-0.3, -0.25) is 0 Å². The van der Waals surface area contributed by atoms with E-state index in [2.05, 4.69) is 33.2 Å². The number of nitrogens with zero attached hydrogens (tertiary/aromatic N) is 1. The molecular weight excluding hydrogens is 340 g/mol. The highest BCUT2D eigenvalue weighted by molar-refractivity contribution is 9.10. The summed E-state index contributed by atoms with van der Waals surface area (Å²) in [7, 11) is 1.65. The third-order valence-electron chi connectivity index (χ3n) is 3.15. The molecule has 5 heteroatoms. The van der Waals surface area contributed by atoms with Gasteiger partial charge in [-0.2, -0.15) is 0 Å². The first-order chi connectivity index (χ1) is 9.52. The number of hydrogen-bond acceptors (Lipinski definition) is 3. The molecule has 0 amide bonds. The molecule has 1 unspecified atom stereocenters. The van der Waals surface area contributed by atoms with Crippen LogP contribution in [-0.2, 0) is 0 Å². The topological polar surface area (TPSA) is 34.1 Å². The molecule has 1 aromatic heterocycles. The SMILES string of the molecule is COc1ccc(C(C)Nc2c(C)ccnc2Cl)cc1Br. The number of ether oxygens (including phenoxy) is 1. The fourth-order valence-electron chi connectivity index (χ4n) is 1.95. The van der Waals surface area contributed by atoms with Crippen LogP contribution in [0.2, 0.25) is 5.15 Å². The Labute approximate surface area is 132 Å². The third-order valence-corrected chi connectivity index (χ3v) is 4.06. The Hall–Kier alpha value is -1.26. The molecule has 0 spiro atoms. The van der Waals surface area contributed by atoms with Crippen LogP contribution in [0.4, 0.5) is 5.69 Å². The van der Waals surface area contributed by atoms with E-state index < -0.39 is 0 Å². The molecule has 0 bridgehead atoms. The number of hydrogen-bond donors (Lipinski definition) is 1. The van der Waals surface area contributed by atoms with E-state index >= 15 is 0 Å². The summed E-state index contributed by atoms with van der Waals surface area (Å²) in [4.78, 5) is 4.11. The Morgan fingerprint density at radius 1 is 1.35 bits per heavy atom. The Balaban J connectivity index is 2.24. The second kappa shape index (κ2) is 6.46. The van der Waals surface area contributed by atoms with Gasteiger partial charge in [0.1, 0.15) is 5.75 Å². The van der Waals surface area contributed by atoms with Gasteiger partial charge in [-0.15, -0.1) is 0 Å². The average molecular weight is 356 g/mol. The molecule has 106 valence electrons. The van der Waals surface area contributed by atoms with Gasteiger partial charge in [-0.1, -0.05) is 17.7 Å². The standard InChI is InChI=1S/C15H16BrClN2O/c1-9-6-7-18-15(17)14(9)19-10(2)11-4-5-13(20-3)12(16)8-11/h4-8,10,19H,1-3H3. The van der Waals surface area contributed by atoms with Crippen LogP contribution in [0.5, 0.6) is 5.75 Å². The van der Waals surface area contributed by atoms with Gasteiger partial charge in [0, 0.05) is 12.2 Å². The Morgan fingerprint density at radius 3 is 2.70 bits per heavy atom. The first kappa shape index (κ1) is 15.1. The molecule has 3 nitrogen and oxygen atoms in total. The predicted molar refractivity (Wildman–Crippen MR) is 86.7 cm³/mol. The van der Waals surface area contributed by atoms with Crippen LogP contribution < -0.4 is 10.1 Å². The van der Waals surface area contributed by atoms with Crippen LogP contribution in [0.25, 0.3) is 0 Å². The van der Waals surface area contributed by atoms with Crippen molar-refractivity contribution in [2.24, 2.45) is 0 Å². The summed E-state index contributed by atoms with van der Waals surface area (Å²) >= 11 is 9.64. The molecule has 1 heterocycles. The number of anilines is 1. The molecule has 1 aromatic carbocycles. The minimum absolute atomic E-state index is 0.109. The van der Waals surface area contributed by atoms with Gasteiger partial charge < -0.3 is 10.1 Å². The molecule has 1 N–H and O–H groups in total. The van der Waals surface area contributed by atoms with E-state index in [-0.39, 0.29) is 6.04 Å². The average Bonchev–Trinajstić information content (AvgIpc) is 2.42. The quantitative estimate of drug-likeness (QED) is 0.785. The monoisotopic (exact) mass is 354 g/mol. The number of methoxy groups -OCH3 is 1. The molecule has 0 saturated carbocycles. The van der Waals surface area contributed by atoms with Crippen molar-refractivity contribution in [2.75, 3.05) is 12.4 Å². The number of pyridine rings is 1. The summed E-state index contributed by atoms with van der Waals surface area (Å²) in [6, 6.07) is 8.05. The molecule has 0 aliphatic heterocycles. The maximum Gasteiger partial charge on any atom is 0.152 e. The van der Waals surface area contributed by atoms with Crippen LogP contribution in [-0.4, -0.2) is 12.1 Å². The molecule has 0 aliphatic carbocycles. The van der Waals surface area contributed by atoms with Gasteiger partial charge in [0.25, 0.3) is 0 Å². The molecule has 2 aromatic rings. The van der Waals surface area contributed by atoms with Crippen molar-refractivity contribution in [3.63, 3.8) is 0 Å². The maximum atomic E-state index is 6.14. The summed E-state index contributed by atoms with van der Waals surface area (Å²) in [5, 5.41) is 3.89. The Kier molecular flexibility index (Phi) is 4.89. The van der Waals surface area contributed by atoms with Gasteiger partial charge in [0.15, 0.2) is 5.15 Å². The molecule has 2 rings (SSSR count). The number of rotatable bonds is 4. The molecular formula is C15H16BrClN2O. The van der Waals surface area contributed by atoms with Crippen molar-refractivity contribution >= 4 is 33.2 Å². The first-order valence-electron chi connectivity index (χ1n) is 6.24. The minimum Gasteiger partial charge on any atom is -0.496 e. The van der Waals surface area contributed by atoms with Gasteiger partial charge in [0.05, 0.1) is 17.3 Å². The van der Waals surface area contributed by atoms with Crippen molar-refractivity contribution in [2.45, 2.75) is 19.9 Å². The van der Waals surface area contributed by atoms with Crippen LogP contribution >= 0.6 is 27.5 Å². The molecule has 0 fully saturated rings. The van der Waals surface area contributed by atoms with E-state index in [1.165, 1.54) is 0 Å². The second-order valence-electron chi connectivity index (χ2n) is 4.55. The zero-order valence-corrected chi connectivity index (χ0v) is 13.9. The van der Waals surface area contributed by atoms with Crippen LogP contribution in [0.15, 0.2) is 34.9 Å². The summed E-state index contributed by atoms with van der Waals surface area (Å²) in [6.45, 7) is 4.09. The largest absolute Gasteiger partial charge is 0.496 e. The van der Waals surface area contributed by atoms with E-state index in [9.17, 15) is 0 Å². The second-order valence-corrected chi connectivity index (χ2v) is 5.77. The van der Waals surface area contributed by atoms with Gasteiger partial charge in [0.2, 0.25) is 0 Å². The minimum atomic E-state index is 0.109. The molecule has 20 heavy (non-hydrogen) atoms. The predicted octanol–water partition coefficient (Wildman–Crippen LogP) is 4.99. The van der Waals surface area contributed by atoms with Crippen molar-refractivity contribution in [1.29, 1.82) is 0 Å². The van der Waals surface area contributed by atoms with Gasteiger partial charge in [-0.05, 0) is 59.1 Å². The van der Waals surface area contributed by atoms with Gasteiger partial charge in [-0.25, -0.2) is 4.98 Å². The summed E-state index contributed by atoms with van der Waals surface area (Å²) in [6.07, 6.45) is 1.71. The highest BCUT2D eigenvalue weighted by Crippen LogP contribution is 2.31. The number of benzene rings is 1. The highest BCUT2D eigenvalue weighted by Gasteiger charge is 2.12. The molecule has 1 atom stereocenters. The lowest BCUT2D eigenvalue weighted by Crippen LogP contribution is -2.08. The summed E-state index contributed by atoms with van der Waals surface area (Å²) < 4.78 is 6.17. The van der Waals surface area contributed by atoms with E-state index in [0.29, 0.717) is 5.15 Å². The number of halogens is 2. The highest BCUT2D eigenvalue weighted by atomic mass is 79.9. The van der Waals surface area contributed by atoms with Crippen molar-refractivity contribution in [3.8, 4) is 5.75 Å². The van der Waals surface area contributed by atoms with Crippen LogP contribution in [0, 0.1) is 6.92 Å². The molecule has 0 aliphatic rings. The van der Waals surface area contributed by atoms with Crippen molar-refractivity contribution < 1.29 is 4.74 Å². The molecule has 0 saturated heterocycles.